The molecule has 4 rings (SSSR count). The van der Waals surface area contributed by atoms with Crippen LogP contribution in [-0.4, -0.2) is 28.5 Å². The lowest BCUT2D eigenvalue weighted by molar-refractivity contribution is -0.117. The fourth-order valence-corrected chi connectivity index (χ4v) is 6.34. The molecule has 1 aromatic carbocycles. The van der Waals surface area contributed by atoms with Crippen molar-refractivity contribution in [2.24, 2.45) is 27.7 Å². The van der Waals surface area contributed by atoms with Crippen molar-refractivity contribution in [1.29, 1.82) is 5.41 Å². The summed E-state index contributed by atoms with van der Waals surface area (Å²) in [7, 11) is 0. The second-order valence-electron chi connectivity index (χ2n) is 9.86. The van der Waals surface area contributed by atoms with Gasteiger partial charge in [-0.2, -0.15) is 0 Å². The lowest BCUT2D eigenvalue weighted by Crippen LogP contribution is -2.17. The number of hydrogen-bond acceptors (Lipinski definition) is 6. The molecule has 3 atom stereocenters. The molecular weight excluding hydrogens is 442 g/mol. The molecule has 2 heterocycles. The van der Waals surface area contributed by atoms with Crippen molar-refractivity contribution < 1.29 is 9.59 Å². The van der Waals surface area contributed by atoms with E-state index in [1.54, 1.807) is 18.7 Å². The number of benzene rings is 1. The molecule has 0 saturated carbocycles. The molecule has 0 amide bonds. The van der Waals surface area contributed by atoms with Crippen molar-refractivity contribution in [2.45, 2.75) is 84.0 Å². The van der Waals surface area contributed by atoms with Crippen LogP contribution >= 0.6 is 11.8 Å². The zero-order valence-corrected chi connectivity index (χ0v) is 21.6. The van der Waals surface area contributed by atoms with Crippen LogP contribution in [0.3, 0.4) is 0 Å². The van der Waals surface area contributed by atoms with Crippen LogP contribution < -0.4 is 0 Å². The molecule has 1 aliphatic carbocycles. The number of nitrogens with zero attached hydrogens (tertiary/aromatic N) is 2. The topological polar surface area (TPSA) is 82.7 Å². The minimum Gasteiger partial charge on any atom is -0.303 e. The molecule has 5 nitrogen and oxygen atoms in total. The number of Topliss-reactive ketones (excluding diaryl/α,β-unsaturated/α-hetero) is 2. The molecular formula is C28H35N3O2S. The van der Waals surface area contributed by atoms with Crippen LogP contribution in [0, 0.1) is 23.2 Å². The number of aliphatic imine (C=N–C) groups is 2. The number of rotatable bonds is 6. The number of fused-ring (bicyclic) bond motifs is 1. The van der Waals surface area contributed by atoms with Crippen molar-refractivity contribution in [1.82, 2.24) is 0 Å². The van der Waals surface area contributed by atoms with Gasteiger partial charge in [-0.3, -0.25) is 9.79 Å². The molecule has 6 heteroatoms. The lowest BCUT2D eigenvalue weighted by Gasteiger charge is -2.23. The summed E-state index contributed by atoms with van der Waals surface area (Å²) in [6.07, 6.45) is 8.02. The SMILES string of the molecule is CCc1cc2c(cc1SC1=NC3=C(N=CC(CC)CC3=N)C(C)C(CCC(C)=O)C1)C(=O)CC2. The fraction of sp³-hybridized carbons (Fsp3) is 0.536. The minimum absolute atomic E-state index is 0.121. The van der Waals surface area contributed by atoms with Gasteiger partial charge in [-0.25, -0.2) is 4.99 Å². The largest absolute Gasteiger partial charge is 0.303 e. The van der Waals surface area contributed by atoms with Crippen LogP contribution in [0.5, 0.6) is 0 Å². The summed E-state index contributed by atoms with van der Waals surface area (Å²) in [6.45, 7) is 8.10. The first kappa shape index (κ1) is 24.8. The Labute approximate surface area is 207 Å². The van der Waals surface area contributed by atoms with E-state index in [1.165, 1.54) is 5.56 Å². The number of aryl methyl sites for hydroxylation is 2. The molecule has 0 fully saturated rings. The summed E-state index contributed by atoms with van der Waals surface area (Å²) in [5, 5.41) is 9.79. The summed E-state index contributed by atoms with van der Waals surface area (Å²) in [5.41, 5.74) is 5.42. The molecule has 1 aromatic rings. The van der Waals surface area contributed by atoms with Gasteiger partial charge in [0.15, 0.2) is 5.78 Å². The standard InChI is InChI=1S/C28H35N3O2S/c1-5-18-11-23(29)28-27(30-15-18)17(4)20(8-7-16(3)32)13-26(31-28)34-25-14-22-21(9-10-24(22)33)12-19(25)6-2/h12,14-15,17-18,20,29H,5-11,13H2,1-4H3. The van der Waals surface area contributed by atoms with Gasteiger partial charge in [-0.15, -0.1) is 0 Å². The van der Waals surface area contributed by atoms with Crippen LogP contribution in [0.25, 0.3) is 0 Å². The average Bonchev–Trinajstić information content (AvgIpc) is 3.01. The van der Waals surface area contributed by atoms with E-state index in [4.69, 9.17) is 15.4 Å². The van der Waals surface area contributed by atoms with E-state index in [2.05, 4.69) is 32.9 Å². The van der Waals surface area contributed by atoms with Crippen molar-refractivity contribution in [3.63, 3.8) is 0 Å². The van der Waals surface area contributed by atoms with E-state index < -0.39 is 0 Å². The molecule has 3 aliphatic rings. The van der Waals surface area contributed by atoms with E-state index in [0.29, 0.717) is 30.7 Å². The molecule has 0 radical (unpaired) electrons. The number of carbonyl (C=O) groups excluding carboxylic acids is 2. The third kappa shape index (κ3) is 5.17. The van der Waals surface area contributed by atoms with Crippen LogP contribution in [0.1, 0.15) is 87.7 Å². The van der Waals surface area contributed by atoms with E-state index in [9.17, 15) is 9.59 Å². The van der Waals surface area contributed by atoms with Crippen LogP contribution in [0.4, 0.5) is 0 Å². The zero-order chi connectivity index (χ0) is 24.4. The van der Waals surface area contributed by atoms with E-state index in [-0.39, 0.29) is 29.3 Å². The Bertz CT molecular complexity index is 1110. The Morgan fingerprint density at radius 1 is 1.21 bits per heavy atom. The Balaban J connectivity index is 1.74. The second kappa shape index (κ2) is 10.5. The Morgan fingerprint density at radius 3 is 2.71 bits per heavy atom. The number of nitrogens with one attached hydrogen (secondary N) is 1. The summed E-state index contributed by atoms with van der Waals surface area (Å²) in [6, 6.07) is 4.26. The van der Waals surface area contributed by atoms with Crippen LogP contribution in [0.2, 0.25) is 0 Å². The predicted molar refractivity (Wildman–Crippen MR) is 141 cm³/mol. The average molecular weight is 478 g/mol. The van der Waals surface area contributed by atoms with Crippen molar-refractivity contribution in [3.05, 3.63) is 40.2 Å². The zero-order valence-electron chi connectivity index (χ0n) is 20.7. The quantitative estimate of drug-likeness (QED) is 0.499. The molecule has 0 aromatic heterocycles. The molecule has 0 bridgehead atoms. The summed E-state index contributed by atoms with van der Waals surface area (Å²) in [4.78, 5) is 35.2. The van der Waals surface area contributed by atoms with Crippen molar-refractivity contribution in [2.75, 3.05) is 0 Å². The summed E-state index contributed by atoms with van der Waals surface area (Å²) in [5.74, 6) is 1.03. The van der Waals surface area contributed by atoms with Crippen molar-refractivity contribution in [3.8, 4) is 0 Å². The first-order chi connectivity index (χ1) is 16.3. The maximum Gasteiger partial charge on any atom is 0.163 e. The maximum atomic E-state index is 12.4. The number of allylic oxidation sites excluding steroid dienone is 2. The number of ketones is 2. The van der Waals surface area contributed by atoms with Crippen LogP contribution in [0.15, 0.2) is 38.4 Å². The highest BCUT2D eigenvalue weighted by atomic mass is 32.2. The Hall–Kier alpha value is -2.34. The first-order valence-electron chi connectivity index (χ1n) is 12.6. The third-order valence-electron chi connectivity index (χ3n) is 7.44. The molecule has 2 aliphatic heterocycles. The van der Waals surface area contributed by atoms with Gasteiger partial charge in [0.2, 0.25) is 0 Å². The minimum atomic E-state index is 0.121. The molecule has 34 heavy (non-hydrogen) atoms. The lowest BCUT2D eigenvalue weighted by atomic mass is 9.84. The summed E-state index contributed by atoms with van der Waals surface area (Å²) >= 11 is 1.64. The van der Waals surface area contributed by atoms with Gasteiger partial charge in [-0.1, -0.05) is 38.6 Å². The maximum absolute atomic E-state index is 12.4. The van der Waals surface area contributed by atoms with Gasteiger partial charge in [0.05, 0.1) is 16.5 Å². The van der Waals surface area contributed by atoms with Gasteiger partial charge in [-0.05, 0) is 74.5 Å². The Morgan fingerprint density at radius 2 is 2.00 bits per heavy atom. The van der Waals surface area contributed by atoms with Gasteiger partial charge in [0, 0.05) is 35.4 Å². The monoisotopic (exact) mass is 477 g/mol. The van der Waals surface area contributed by atoms with Gasteiger partial charge in [0.25, 0.3) is 0 Å². The van der Waals surface area contributed by atoms with E-state index in [0.717, 1.165) is 58.9 Å². The predicted octanol–water partition coefficient (Wildman–Crippen LogP) is 6.63. The highest BCUT2D eigenvalue weighted by Crippen LogP contribution is 2.40. The molecule has 180 valence electrons. The molecule has 3 unspecified atom stereocenters. The van der Waals surface area contributed by atoms with Crippen molar-refractivity contribution >= 4 is 40.3 Å². The second-order valence-corrected chi connectivity index (χ2v) is 11.0. The first-order valence-corrected chi connectivity index (χ1v) is 13.4. The van der Waals surface area contributed by atoms with E-state index in [1.807, 2.05) is 6.21 Å². The molecule has 0 spiro atoms. The number of carbonyl (C=O) groups is 2. The van der Waals surface area contributed by atoms with Gasteiger partial charge in [0.1, 0.15) is 11.5 Å². The normalized spacial score (nSPS) is 24.5. The Kier molecular flexibility index (Phi) is 7.66. The number of thioether (sulfide) groups is 1. The third-order valence-corrected chi connectivity index (χ3v) is 8.53. The molecule has 1 N–H and O–H groups in total. The highest BCUT2D eigenvalue weighted by molar-refractivity contribution is 8.14. The number of hydrogen-bond donors (Lipinski definition) is 1. The van der Waals surface area contributed by atoms with Gasteiger partial charge < -0.3 is 10.2 Å². The molecule has 0 saturated heterocycles. The van der Waals surface area contributed by atoms with E-state index >= 15 is 0 Å². The fourth-order valence-electron chi connectivity index (χ4n) is 5.14. The smallest absolute Gasteiger partial charge is 0.163 e. The van der Waals surface area contributed by atoms with Crippen LogP contribution in [-0.2, 0) is 17.6 Å². The highest BCUT2D eigenvalue weighted by Gasteiger charge is 2.32. The summed E-state index contributed by atoms with van der Waals surface area (Å²) < 4.78 is 0. The van der Waals surface area contributed by atoms with Gasteiger partial charge >= 0.3 is 0 Å².